The Balaban J connectivity index is 1.64. The SMILES string of the molecule is O=[N+]([O-])[C@@]12CCc3c(c4ccccc4n3Cc3ccccc3)[C@@H]1c1ccccc1OC2. The second-order valence-electron chi connectivity index (χ2n) is 8.57. The van der Waals surface area contributed by atoms with Crippen molar-refractivity contribution in [1.82, 2.24) is 4.57 Å². The number of ether oxygens (including phenoxy) is 1. The molecule has 0 N–H and O–H groups in total. The molecule has 31 heavy (non-hydrogen) atoms. The molecule has 3 aromatic carbocycles. The van der Waals surface area contributed by atoms with Crippen molar-refractivity contribution in [3.8, 4) is 5.75 Å². The van der Waals surface area contributed by atoms with Gasteiger partial charge in [-0.05, 0) is 29.7 Å². The molecule has 1 aliphatic heterocycles. The van der Waals surface area contributed by atoms with Crippen LogP contribution in [0.3, 0.4) is 0 Å². The molecule has 0 saturated heterocycles. The zero-order valence-electron chi connectivity index (χ0n) is 17.0. The van der Waals surface area contributed by atoms with Crippen LogP contribution >= 0.6 is 0 Å². The molecule has 6 rings (SSSR count). The van der Waals surface area contributed by atoms with E-state index in [0.29, 0.717) is 12.8 Å². The third kappa shape index (κ3) is 2.56. The summed E-state index contributed by atoms with van der Waals surface area (Å²) in [7, 11) is 0. The number of rotatable bonds is 3. The highest BCUT2D eigenvalue weighted by Gasteiger charge is 2.59. The van der Waals surface area contributed by atoms with Gasteiger partial charge in [0.05, 0.1) is 5.92 Å². The Bertz CT molecular complexity index is 1310. The van der Waals surface area contributed by atoms with Crippen molar-refractivity contribution in [1.29, 1.82) is 0 Å². The van der Waals surface area contributed by atoms with E-state index in [1.807, 2.05) is 42.5 Å². The van der Waals surface area contributed by atoms with E-state index >= 15 is 0 Å². The number of hydrogen-bond donors (Lipinski definition) is 0. The molecule has 5 heteroatoms. The molecule has 5 nitrogen and oxygen atoms in total. The van der Waals surface area contributed by atoms with Gasteiger partial charge in [0.1, 0.15) is 5.75 Å². The van der Waals surface area contributed by atoms with Crippen LogP contribution in [0.2, 0.25) is 0 Å². The lowest BCUT2D eigenvalue weighted by atomic mass is 9.67. The van der Waals surface area contributed by atoms with Crippen molar-refractivity contribution < 1.29 is 9.66 Å². The van der Waals surface area contributed by atoms with Crippen LogP contribution in [0.25, 0.3) is 10.9 Å². The molecule has 0 bridgehead atoms. The van der Waals surface area contributed by atoms with Crippen LogP contribution in [0.5, 0.6) is 5.75 Å². The van der Waals surface area contributed by atoms with Gasteiger partial charge in [0, 0.05) is 40.0 Å². The minimum Gasteiger partial charge on any atom is -0.486 e. The Hall–Kier alpha value is -3.60. The lowest BCUT2D eigenvalue weighted by Crippen LogP contribution is -2.54. The first kappa shape index (κ1) is 18.2. The lowest BCUT2D eigenvalue weighted by Gasteiger charge is -2.41. The van der Waals surface area contributed by atoms with Crippen molar-refractivity contribution in [3.05, 3.63) is 111 Å². The van der Waals surface area contributed by atoms with Crippen LogP contribution in [0.1, 0.15) is 34.7 Å². The molecular weight excluding hydrogens is 388 g/mol. The Morgan fingerprint density at radius 1 is 1.00 bits per heavy atom. The van der Waals surface area contributed by atoms with Crippen LogP contribution in [0.15, 0.2) is 78.9 Å². The highest BCUT2D eigenvalue weighted by atomic mass is 16.6. The smallest absolute Gasteiger partial charge is 0.266 e. The van der Waals surface area contributed by atoms with Crippen LogP contribution in [0, 0.1) is 10.1 Å². The fourth-order valence-electron chi connectivity index (χ4n) is 5.57. The summed E-state index contributed by atoms with van der Waals surface area (Å²) in [5.74, 6) is 0.441. The second kappa shape index (κ2) is 6.71. The number of nitrogens with zero attached hydrogens (tertiary/aromatic N) is 2. The van der Waals surface area contributed by atoms with Crippen LogP contribution in [-0.2, 0) is 13.0 Å². The Morgan fingerprint density at radius 3 is 2.58 bits per heavy atom. The largest absolute Gasteiger partial charge is 0.486 e. The van der Waals surface area contributed by atoms with Crippen molar-refractivity contribution in [2.75, 3.05) is 6.61 Å². The maximum absolute atomic E-state index is 12.5. The number of aromatic nitrogens is 1. The standard InChI is InChI=1S/C26H22N2O3/c29-28(30)26-15-14-22-24(25(26)20-11-5-7-13-23(20)31-17-26)19-10-4-6-12-21(19)27(22)16-18-8-2-1-3-9-18/h1-13,25H,14-17H2/t25-,26+/m0/s1. The summed E-state index contributed by atoms with van der Waals surface area (Å²) < 4.78 is 8.30. The van der Waals surface area contributed by atoms with E-state index in [2.05, 4.69) is 41.0 Å². The van der Waals surface area contributed by atoms with Crippen molar-refractivity contribution in [2.45, 2.75) is 30.8 Å². The van der Waals surface area contributed by atoms with Crippen LogP contribution in [-0.4, -0.2) is 21.6 Å². The van der Waals surface area contributed by atoms with Crippen molar-refractivity contribution in [2.24, 2.45) is 0 Å². The summed E-state index contributed by atoms with van der Waals surface area (Å²) in [6.45, 7) is 0.867. The highest BCUT2D eigenvalue weighted by Crippen LogP contribution is 2.53. The predicted octanol–water partition coefficient (Wildman–Crippen LogP) is 5.18. The van der Waals surface area contributed by atoms with E-state index < -0.39 is 5.54 Å². The topological polar surface area (TPSA) is 57.3 Å². The van der Waals surface area contributed by atoms with E-state index in [-0.39, 0.29) is 17.4 Å². The van der Waals surface area contributed by atoms with Crippen LogP contribution in [0.4, 0.5) is 0 Å². The Morgan fingerprint density at radius 2 is 1.74 bits per heavy atom. The monoisotopic (exact) mass is 410 g/mol. The molecule has 154 valence electrons. The average Bonchev–Trinajstić information content (AvgIpc) is 3.13. The third-order valence-electron chi connectivity index (χ3n) is 7.00. The molecule has 0 saturated carbocycles. The quantitative estimate of drug-likeness (QED) is 0.346. The van der Waals surface area contributed by atoms with Gasteiger partial charge >= 0.3 is 0 Å². The maximum Gasteiger partial charge on any atom is 0.266 e. The Kier molecular flexibility index (Phi) is 3.93. The molecule has 0 spiro atoms. The molecule has 0 fully saturated rings. The Labute approximate surface area is 180 Å². The summed E-state index contributed by atoms with van der Waals surface area (Å²) in [4.78, 5) is 12.4. The van der Waals surface area contributed by atoms with Gasteiger partial charge in [0.2, 0.25) is 0 Å². The molecule has 4 aromatic rings. The van der Waals surface area contributed by atoms with E-state index in [9.17, 15) is 10.1 Å². The number of nitro groups is 1. The predicted molar refractivity (Wildman–Crippen MR) is 119 cm³/mol. The van der Waals surface area contributed by atoms with Gasteiger partial charge in [0.15, 0.2) is 6.61 Å². The van der Waals surface area contributed by atoms with Gasteiger partial charge in [-0.3, -0.25) is 10.1 Å². The summed E-state index contributed by atoms with van der Waals surface area (Å²) in [5, 5.41) is 13.6. The molecule has 2 atom stereocenters. The average molecular weight is 410 g/mol. The number of hydrogen-bond acceptors (Lipinski definition) is 3. The first-order valence-corrected chi connectivity index (χ1v) is 10.7. The third-order valence-corrected chi connectivity index (χ3v) is 7.00. The van der Waals surface area contributed by atoms with Gasteiger partial charge in [-0.15, -0.1) is 0 Å². The highest BCUT2D eigenvalue weighted by molar-refractivity contribution is 5.87. The zero-order chi connectivity index (χ0) is 21.0. The lowest BCUT2D eigenvalue weighted by molar-refractivity contribution is -0.579. The summed E-state index contributed by atoms with van der Waals surface area (Å²) in [6.07, 6.45) is 1.14. The molecule has 1 aliphatic carbocycles. The fourth-order valence-corrected chi connectivity index (χ4v) is 5.57. The maximum atomic E-state index is 12.5. The van der Waals surface area contributed by atoms with E-state index in [1.165, 1.54) is 11.3 Å². The number of para-hydroxylation sites is 2. The summed E-state index contributed by atoms with van der Waals surface area (Å²) >= 11 is 0. The van der Waals surface area contributed by atoms with Gasteiger partial charge in [-0.2, -0.15) is 0 Å². The summed E-state index contributed by atoms with van der Waals surface area (Å²) in [5.41, 5.74) is 4.47. The van der Waals surface area contributed by atoms with Gasteiger partial charge in [-0.25, -0.2) is 0 Å². The van der Waals surface area contributed by atoms with Gasteiger partial charge in [0.25, 0.3) is 5.54 Å². The molecular formula is C26H22N2O3. The van der Waals surface area contributed by atoms with Crippen molar-refractivity contribution >= 4 is 10.9 Å². The molecule has 2 heterocycles. The summed E-state index contributed by atoms with van der Waals surface area (Å²) in [6, 6.07) is 26.5. The number of fused-ring (bicyclic) bond motifs is 7. The second-order valence-corrected chi connectivity index (χ2v) is 8.57. The number of benzene rings is 3. The van der Waals surface area contributed by atoms with E-state index in [4.69, 9.17) is 4.74 Å². The fraction of sp³-hybridized carbons (Fsp3) is 0.231. The minimum absolute atomic E-state index is 0.0835. The normalized spacial score (nSPS) is 21.6. The molecule has 0 unspecified atom stereocenters. The zero-order valence-corrected chi connectivity index (χ0v) is 17.0. The van der Waals surface area contributed by atoms with E-state index in [0.717, 1.165) is 34.3 Å². The molecule has 2 aliphatic rings. The van der Waals surface area contributed by atoms with Crippen LogP contribution < -0.4 is 4.74 Å². The first-order chi connectivity index (χ1) is 15.2. The molecule has 0 radical (unpaired) electrons. The van der Waals surface area contributed by atoms with E-state index in [1.54, 1.807) is 0 Å². The molecule has 1 aromatic heterocycles. The minimum atomic E-state index is -1.14. The first-order valence-electron chi connectivity index (χ1n) is 10.7. The van der Waals surface area contributed by atoms with Gasteiger partial charge < -0.3 is 9.30 Å². The van der Waals surface area contributed by atoms with Crippen molar-refractivity contribution in [3.63, 3.8) is 0 Å². The van der Waals surface area contributed by atoms with Gasteiger partial charge in [-0.1, -0.05) is 66.7 Å². The molecule has 0 amide bonds.